The third-order valence-electron chi connectivity index (χ3n) is 0.645. The van der Waals surface area contributed by atoms with Crippen molar-refractivity contribution in [1.82, 2.24) is 5.06 Å². The Balaban J connectivity index is 2.83. The van der Waals surface area contributed by atoms with Gasteiger partial charge in [0.1, 0.15) is 6.73 Å². The van der Waals surface area contributed by atoms with Gasteiger partial charge in [-0.3, -0.25) is 0 Å². The highest BCUT2D eigenvalue weighted by Gasteiger charge is 1.90. The maximum absolute atomic E-state index is 8.44. The quantitative estimate of drug-likeness (QED) is 0.393. The van der Waals surface area contributed by atoms with E-state index in [-0.39, 0.29) is 6.73 Å². The highest BCUT2D eigenvalue weighted by molar-refractivity contribution is 4.30. The molecule has 0 amide bonds. The molecule has 0 aliphatic rings. The van der Waals surface area contributed by atoms with Gasteiger partial charge in [-0.15, -0.1) is 0 Å². The van der Waals surface area contributed by atoms with Crippen LogP contribution >= 0.6 is 0 Å². The van der Waals surface area contributed by atoms with Crippen LogP contribution in [0.25, 0.3) is 0 Å². The first kappa shape index (κ1) is 6.88. The summed E-state index contributed by atoms with van der Waals surface area (Å²) in [5, 5.41) is 17.4. The molecule has 0 aliphatic heterocycles. The molecule has 3 heteroatoms. The Labute approximate surface area is 43.1 Å². The summed E-state index contributed by atoms with van der Waals surface area (Å²) in [5.74, 6) is 0. The first-order valence-corrected chi connectivity index (χ1v) is 2.36. The number of rotatable bonds is 3. The molecule has 7 heavy (non-hydrogen) atoms. The minimum atomic E-state index is -0.270. The maximum atomic E-state index is 8.44. The molecule has 0 saturated heterocycles. The van der Waals surface area contributed by atoms with Crippen molar-refractivity contribution in [3.05, 3.63) is 0 Å². The average Bonchev–Trinajstić information content (AvgIpc) is 1.68. The number of hydroxylamine groups is 2. The van der Waals surface area contributed by atoms with Crippen LogP contribution in [0.1, 0.15) is 13.3 Å². The summed E-state index contributed by atoms with van der Waals surface area (Å²) in [4.78, 5) is 0. The Morgan fingerprint density at radius 1 is 1.57 bits per heavy atom. The fraction of sp³-hybridized carbons (Fsp3) is 1.00. The van der Waals surface area contributed by atoms with Crippen LogP contribution in [0.4, 0.5) is 0 Å². The molecule has 2 N–H and O–H groups in total. The van der Waals surface area contributed by atoms with E-state index in [0.717, 1.165) is 11.5 Å². The van der Waals surface area contributed by atoms with Crippen molar-refractivity contribution in [2.24, 2.45) is 0 Å². The number of hydrogen-bond donors (Lipinski definition) is 2. The molecule has 44 valence electrons. The van der Waals surface area contributed by atoms with Crippen LogP contribution in [0.2, 0.25) is 0 Å². The molecular weight excluding hydrogens is 94.0 g/mol. The Bertz CT molecular complexity index is 40.7. The minimum absolute atomic E-state index is 0.270. The molecule has 0 aromatic carbocycles. The van der Waals surface area contributed by atoms with Gasteiger partial charge >= 0.3 is 0 Å². The zero-order valence-corrected chi connectivity index (χ0v) is 4.46. The number of nitrogens with zero attached hydrogens (tertiary/aromatic N) is 1. The third kappa shape index (κ3) is 3.72. The molecule has 0 aromatic rings. The summed E-state index contributed by atoms with van der Waals surface area (Å²) in [5.41, 5.74) is 0. The van der Waals surface area contributed by atoms with E-state index in [2.05, 4.69) is 0 Å². The maximum Gasteiger partial charge on any atom is 0.118 e. The van der Waals surface area contributed by atoms with Crippen LogP contribution in [0, 0.1) is 0 Å². The zero-order chi connectivity index (χ0) is 5.70. The fourth-order valence-electron chi connectivity index (χ4n) is 0.329. The van der Waals surface area contributed by atoms with E-state index in [9.17, 15) is 0 Å². The van der Waals surface area contributed by atoms with Gasteiger partial charge in [-0.2, -0.15) is 5.06 Å². The number of aliphatic hydroxyl groups is 1. The molecule has 3 nitrogen and oxygen atoms in total. The van der Waals surface area contributed by atoms with Gasteiger partial charge in [-0.25, -0.2) is 0 Å². The van der Waals surface area contributed by atoms with Crippen molar-refractivity contribution in [2.75, 3.05) is 13.3 Å². The second-order valence-corrected chi connectivity index (χ2v) is 1.37. The zero-order valence-electron chi connectivity index (χ0n) is 4.46. The summed E-state index contributed by atoms with van der Waals surface area (Å²) in [6, 6.07) is 0. The van der Waals surface area contributed by atoms with Gasteiger partial charge in [-0.05, 0) is 6.42 Å². The summed E-state index contributed by atoms with van der Waals surface area (Å²) < 4.78 is 0. The molecule has 0 radical (unpaired) electrons. The van der Waals surface area contributed by atoms with Gasteiger partial charge in [0.05, 0.1) is 0 Å². The van der Waals surface area contributed by atoms with Gasteiger partial charge in [0.15, 0.2) is 0 Å². The minimum Gasteiger partial charge on any atom is -0.379 e. The summed E-state index contributed by atoms with van der Waals surface area (Å²) in [6.07, 6.45) is 0.858. The van der Waals surface area contributed by atoms with Crippen molar-refractivity contribution >= 4 is 0 Å². The van der Waals surface area contributed by atoms with E-state index in [1.54, 1.807) is 0 Å². The van der Waals surface area contributed by atoms with Crippen molar-refractivity contribution in [3.63, 3.8) is 0 Å². The molecule has 0 spiro atoms. The lowest BCUT2D eigenvalue weighted by atomic mass is 10.5. The van der Waals surface area contributed by atoms with Gasteiger partial charge in [0.25, 0.3) is 0 Å². The lowest BCUT2D eigenvalue weighted by Gasteiger charge is -2.06. The van der Waals surface area contributed by atoms with E-state index < -0.39 is 0 Å². The standard InChI is InChI=1S/C4H11NO2/c1-2-3-5(7)4-6/h6-7H,2-4H2,1H3. The van der Waals surface area contributed by atoms with Crippen LogP contribution in [-0.4, -0.2) is 28.7 Å². The predicted molar refractivity (Wildman–Crippen MR) is 25.9 cm³/mol. The van der Waals surface area contributed by atoms with Crippen LogP contribution in [0.3, 0.4) is 0 Å². The second kappa shape index (κ2) is 4.05. The Morgan fingerprint density at radius 2 is 2.14 bits per heavy atom. The second-order valence-electron chi connectivity index (χ2n) is 1.37. The molecule has 0 rings (SSSR count). The largest absolute Gasteiger partial charge is 0.379 e. The van der Waals surface area contributed by atoms with Crippen molar-refractivity contribution in [2.45, 2.75) is 13.3 Å². The Hall–Kier alpha value is -0.120. The first-order chi connectivity index (χ1) is 3.31. The van der Waals surface area contributed by atoms with Crippen LogP contribution in [0.5, 0.6) is 0 Å². The van der Waals surface area contributed by atoms with Crippen LogP contribution in [-0.2, 0) is 0 Å². The lowest BCUT2D eigenvalue weighted by molar-refractivity contribution is -0.141. The predicted octanol–water partition coefficient (Wildman–Crippen LogP) is 0.0374. The van der Waals surface area contributed by atoms with Gasteiger partial charge in [0, 0.05) is 6.54 Å². The topological polar surface area (TPSA) is 43.7 Å². The van der Waals surface area contributed by atoms with E-state index in [4.69, 9.17) is 10.3 Å². The van der Waals surface area contributed by atoms with Crippen LogP contribution < -0.4 is 0 Å². The Morgan fingerprint density at radius 3 is 2.29 bits per heavy atom. The molecule has 0 unspecified atom stereocenters. The molecule has 0 aromatic heterocycles. The van der Waals surface area contributed by atoms with Gasteiger partial charge in [0.2, 0.25) is 0 Å². The highest BCUT2D eigenvalue weighted by Crippen LogP contribution is 1.79. The van der Waals surface area contributed by atoms with Crippen molar-refractivity contribution in [3.8, 4) is 0 Å². The third-order valence-corrected chi connectivity index (χ3v) is 0.645. The lowest BCUT2D eigenvalue weighted by Crippen LogP contribution is -2.20. The van der Waals surface area contributed by atoms with Crippen LogP contribution in [0.15, 0.2) is 0 Å². The molecule has 0 bridgehead atoms. The first-order valence-electron chi connectivity index (χ1n) is 2.36. The molecule has 0 fully saturated rings. The summed E-state index contributed by atoms with van der Waals surface area (Å²) in [7, 11) is 0. The monoisotopic (exact) mass is 105 g/mol. The van der Waals surface area contributed by atoms with Gasteiger partial charge < -0.3 is 10.3 Å². The fourth-order valence-corrected chi connectivity index (χ4v) is 0.329. The van der Waals surface area contributed by atoms with E-state index in [1.807, 2.05) is 6.92 Å². The molecule has 0 heterocycles. The summed E-state index contributed by atoms with van der Waals surface area (Å²) in [6.45, 7) is 2.20. The van der Waals surface area contributed by atoms with Gasteiger partial charge in [-0.1, -0.05) is 6.92 Å². The molecule has 0 saturated carbocycles. The normalized spacial score (nSPS) is 10.3. The molecule has 0 atom stereocenters. The average molecular weight is 105 g/mol. The van der Waals surface area contributed by atoms with Crippen molar-refractivity contribution < 1.29 is 10.3 Å². The van der Waals surface area contributed by atoms with E-state index in [1.165, 1.54) is 0 Å². The van der Waals surface area contributed by atoms with E-state index >= 15 is 0 Å². The van der Waals surface area contributed by atoms with Crippen molar-refractivity contribution in [1.29, 1.82) is 0 Å². The molecule has 0 aliphatic carbocycles. The number of aliphatic hydroxyl groups excluding tert-OH is 1. The molecular formula is C4H11NO2. The SMILES string of the molecule is CCCN(O)CO. The smallest absolute Gasteiger partial charge is 0.118 e. The highest BCUT2D eigenvalue weighted by atomic mass is 16.5. The number of hydrogen-bond acceptors (Lipinski definition) is 3. The Kier molecular flexibility index (Phi) is 3.98. The van der Waals surface area contributed by atoms with E-state index in [0.29, 0.717) is 6.54 Å². The summed E-state index contributed by atoms with van der Waals surface area (Å²) >= 11 is 0.